The van der Waals surface area contributed by atoms with Gasteiger partial charge in [0.2, 0.25) is 0 Å². The Hall–Kier alpha value is -2.04. The molecule has 0 fully saturated rings. The summed E-state index contributed by atoms with van der Waals surface area (Å²) in [7, 11) is 0. The number of nitrogens with zero attached hydrogens (tertiary/aromatic N) is 2. The van der Waals surface area contributed by atoms with Gasteiger partial charge >= 0.3 is 0 Å². The highest BCUT2D eigenvalue weighted by molar-refractivity contribution is 8.14. The molecule has 0 atom stereocenters. The number of amides is 1. The molecule has 2 aromatic rings. The Kier molecular flexibility index (Phi) is 5.30. The van der Waals surface area contributed by atoms with Crippen LogP contribution in [0, 0.1) is 13.8 Å². The van der Waals surface area contributed by atoms with E-state index >= 15 is 0 Å². The van der Waals surface area contributed by atoms with Crippen LogP contribution in [-0.2, 0) is 4.79 Å². The van der Waals surface area contributed by atoms with Crippen LogP contribution in [0.3, 0.4) is 0 Å². The van der Waals surface area contributed by atoms with Crippen molar-refractivity contribution in [3.05, 3.63) is 69.9 Å². The van der Waals surface area contributed by atoms with Gasteiger partial charge in [0.1, 0.15) is 5.70 Å². The van der Waals surface area contributed by atoms with E-state index in [9.17, 15) is 4.79 Å². The lowest BCUT2D eigenvalue weighted by atomic mass is 10.1. The first kappa shape index (κ1) is 17.8. The summed E-state index contributed by atoms with van der Waals surface area (Å²) in [5, 5.41) is 1.21. The highest BCUT2D eigenvalue weighted by Crippen LogP contribution is 2.34. The lowest BCUT2D eigenvalue weighted by Gasteiger charge is -2.19. The van der Waals surface area contributed by atoms with Crippen molar-refractivity contribution in [1.82, 2.24) is 0 Å². The molecule has 5 heteroatoms. The molecule has 0 unspecified atom stereocenters. The molecule has 0 spiro atoms. The second-order valence-corrected chi connectivity index (χ2v) is 7.50. The fraction of sp³-hybridized carbons (Fsp3) is 0.200. The molecule has 1 aliphatic heterocycles. The number of carbonyl (C=O) groups is 1. The second-order valence-electron chi connectivity index (χ2n) is 5.86. The molecule has 0 bridgehead atoms. The Labute approximate surface area is 157 Å². The number of amidine groups is 1. The average molecular weight is 371 g/mol. The number of hydrogen-bond acceptors (Lipinski definition) is 3. The number of carbonyl (C=O) groups excluding carboxylic acids is 1. The molecular weight excluding hydrogens is 352 g/mol. The predicted molar refractivity (Wildman–Crippen MR) is 108 cm³/mol. The van der Waals surface area contributed by atoms with Crippen molar-refractivity contribution in [3.63, 3.8) is 0 Å². The zero-order valence-electron chi connectivity index (χ0n) is 14.4. The molecule has 128 valence electrons. The lowest BCUT2D eigenvalue weighted by Crippen LogP contribution is -2.30. The second kappa shape index (κ2) is 7.46. The van der Waals surface area contributed by atoms with Crippen molar-refractivity contribution in [2.24, 2.45) is 4.99 Å². The predicted octanol–water partition coefficient (Wildman–Crippen LogP) is 5.45. The summed E-state index contributed by atoms with van der Waals surface area (Å²) in [6.07, 6.45) is 1.82. The van der Waals surface area contributed by atoms with E-state index in [0.717, 1.165) is 16.9 Å². The topological polar surface area (TPSA) is 32.7 Å². The maximum Gasteiger partial charge on any atom is 0.283 e. The molecule has 0 saturated carbocycles. The smallest absolute Gasteiger partial charge is 0.266 e. The first-order chi connectivity index (χ1) is 12.0. The van der Waals surface area contributed by atoms with Crippen LogP contribution >= 0.6 is 23.4 Å². The zero-order chi connectivity index (χ0) is 18.0. The number of thioether (sulfide) groups is 1. The molecule has 0 radical (unpaired) electrons. The van der Waals surface area contributed by atoms with Crippen molar-refractivity contribution >= 4 is 46.2 Å². The zero-order valence-corrected chi connectivity index (χ0v) is 16.0. The number of benzene rings is 2. The first-order valence-electron chi connectivity index (χ1n) is 8.10. The lowest BCUT2D eigenvalue weighted by molar-refractivity contribution is -0.113. The molecule has 2 aromatic carbocycles. The number of hydrogen-bond donors (Lipinski definition) is 0. The molecule has 0 saturated heterocycles. The molecule has 0 aromatic heterocycles. The molecule has 1 amide bonds. The van der Waals surface area contributed by atoms with Crippen LogP contribution in [0.4, 0.5) is 5.69 Å². The van der Waals surface area contributed by atoms with Gasteiger partial charge in [0, 0.05) is 0 Å². The summed E-state index contributed by atoms with van der Waals surface area (Å²) in [5.74, 6) is 0.673. The maximum absolute atomic E-state index is 13.0. The number of halogens is 1. The van der Waals surface area contributed by atoms with E-state index in [1.54, 1.807) is 4.90 Å². The van der Waals surface area contributed by atoms with Gasteiger partial charge < -0.3 is 0 Å². The Morgan fingerprint density at radius 3 is 2.44 bits per heavy atom. The van der Waals surface area contributed by atoms with Crippen LogP contribution in [0.25, 0.3) is 6.08 Å². The largest absolute Gasteiger partial charge is 0.283 e. The molecule has 0 N–H and O–H groups in total. The molecule has 3 rings (SSSR count). The third-order valence-corrected chi connectivity index (χ3v) is 4.95. The summed E-state index contributed by atoms with van der Waals surface area (Å²) in [6.45, 7) is 6.04. The Morgan fingerprint density at radius 2 is 1.80 bits per heavy atom. The first-order valence-corrected chi connectivity index (χ1v) is 9.46. The monoisotopic (exact) mass is 370 g/mol. The van der Waals surface area contributed by atoms with E-state index in [1.165, 1.54) is 17.3 Å². The number of anilines is 1. The van der Waals surface area contributed by atoms with Gasteiger partial charge in [0.25, 0.3) is 5.91 Å². The minimum atomic E-state index is -0.151. The van der Waals surface area contributed by atoms with Crippen molar-refractivity contribution in [2.45, 2.75) is 20.8 Å². The third-order valence-electron chi connectivity index (χ3n) is 3.83. The van der Waals surface area contributed by atoms with E-state index in [-0.39, 0.29) is 5.91 Å². The molecule has 25 heavy (non-hydrogen) atoms. The van der Waals surface area contributed by atoms with E-state index in [1.807, 2.05) is 69.3 Å². The van der Waals surface area contributed by atoms with Gasteiger partial charge in [0.05, 0.1) is 10.7 Å². The standard InChI is InChI=1S/C20H19ClN2OS/c1-4-25-20-22-17(12-15-8-5-13(2)6-9-15)19(24)23(20)18-10-7-14(3)11-16(18)21/h5-12H,4H2,1-3H3/b17-12+. The quantitative estimate of drug-likeness (QED) is 0.672. The fourth-order valence-corrected chi connectivity index (χ4v) is 3.60. The highest BCUT2D eigenvalue weighted by Gasteiger charge is 2.32. The molecule has 1 aliphatic rings. The van der Waals surface area contributed by atoms with Crippen LogP contribution < -0.4 is 4.90 Å². The summed E-state index contributed by atoms with van der Waals surface area (Å²) < 4.78 is 0. The molecular formula is C20H19ClN2OS. The highest BCUT2D eigenvalue weighted by atomic mass is 35.5. The Bertz CT molecular complexity index is 872. The average Bonchev–Trinajstić information content (AvgIpc) is 2.86. The van der Waals surface area contributed by atoms with Crippen LogP contribution in [0.1, 0.15) is 23.6 Å². The van der Waals surface area contributed by atoms with E-state index in [4.69, 9.17) is 11.6 Å². The van der Waals surface area contributed by atoms with Crippen LogP contribution in [0.15, 0.2) is 53.2 Å². The van der Waals surface area contributed by atoms with Gasteiger partial charge in [0.15, 0.2) is 5.17 Å². The van der Waals surface area contributed by atoms with Gasteiger partial charge in [-0.05, 0) is 48.9 Å². The third kappa shape index (κ3) is 3.80. The Balaban J connectivity index is 2.01. The summed E-state index contributed by atoms with van der Waals surface area (Å²) in [6, 6.07) is 13.7. The fourth-order valence-electron chi connectivity index (χ4n) is 2.55. The van der Waals surface area contributed by atoms with Crippen LogP contribution in [0.2, 0.25) is 5.02 Å². The number of rotatable bonds is 3. The number of aryl methyl sites for hydroxylation is 2. The van der Waals surface area contributed by atoms with Gasteiger partial charge in [-0.25, -0.2) is 4.99 Å². The summed E-state index contributed by atoms with van der Waals surface area (Å²) in [4.78, 5) is 19.1. The Morgan fingerprint density at radius 1 is 1.12 bits per heavy atom. The minimum absolute atomic E-state index is 0.151. The van der Waals surface area contributed by atoms with Gasteiger partial charge in [-0.15, -0.1) is 0 Å². The summed E-state index contributed by atoms with van der Waals surface area (Å²) in [5.41, 5.74) is 4.28. The van der Waals surface area contributed by atoms with Crippen molar-refractivity contribution < 1.29 is 4.79 Å². The van der Waals surface area contributed by atoms with Gasteiger partial charge in [-0.1, -0.05) is 66.2 Å². The number of aliphatic imine (C=N–C) groups is 1. The molecule has 3 nitrogen and oxygen atoms in total. The van der Waals surface area contributed by atoms with E-state index in [0.29, 0.717) is 21.6 Å². The summed E-state index contributed by atoms with van der Waals surface area (Å²) >= 11 is 7.92. The van der Waals surface area contributed by atoms with Crippen LogP contribution in [0.5, 0.6) is 0 Å². The SMILES string of the molecule is CCSC1=N/C(=C/c2ccc(C)cc2)C(=O)N1c1ccc(C)cc1Cl. The van der Waals surface area contributed by atoms with E-state index in [2.05, 4.69) is 4.99 Å². The molecule has 0 aliphatic carbocycles. The minimum Gasteiger partial charge on any atom is -0.266 e. The van der Waals surface area contributed by atoms with Crippen molar-refractivity contribution in [3.8, 4) is 0 Å². The maximum atomic E-state index is 13.0. The van der Waals surface area contributed by atoms with Gasteiger partial charge in [-0.2, -0.15) is 0 Å². The van der Waals surface area contributed by atoms with Crippen molar-refractivity contribution in [1.29, 1.82) is 0 Å². The van der Waals surface area contributed by atoms with Gasteiger partial charge in [-0.3, -0.25) is 9.69 Å². The molecule has 1 heterocycles. The normalized spacial score (nSPS) is 15.8. The van der Waals surface area contributed by atoms with Crippen LogP contribution in [-0.4, -0.2) is 16.8 Å². The van der Waals surface area contributed by atoms with E-state index < -0.39 is 0 Å². The van der Waals surface area contributed by atoms with Crippen molar-refractivity contribution in [2.75, 3.05) is 10.7 Å².